The van der Waals surface area contributed by atoms with Gasteiger partial charge in [-0.2, -0.15) is 0 Å². The van der Waals surface area contributed by atoms with Gasteiger partial charge in [0.05, 0.1) is 5.01 Å². The number of aryl methyl sites for hydroxylation is 1. The van der Waals surface area contributed by atoms with Crippen LogP contribution >= 0.6 is 22.7 Å². The number of pyridine rings is 1. The molecule has 1 aliphatic rings. The predicted octanol–water partition coefficient (Wildman–Crippen LogP) is 3.32. The molecule has 0 amide bonds. The molecule has 0 saturated heterocycles. The van der Waals surface area contributed by atoms with E-state index in [1.54, 1.807) is 22.7 Å². The maximum atomic E-state index is 4.71. The molecule has 0 fully saturated rings. The van der Waals surface area contributed by atoms with Crippen LogP contribution < -0.4 is 10.6 Å². The molecule has 128 valence electrons. The fourth-order valence-electron chi connectivity index (χ4n) is 2.53. The molecule has 0 unspecified atom stereocenters. The van der Waals surface area contributed by atoms with Crippen molar-refractivity contribution in [2.24, 2.45) is 4.99 Å². The molecule has 0 bridgehead atoms. The number of rotatable bonds is 4. The second kappa shape index (κ2) is 7.28. The number of hydrogen-bond donors (Lipinski definition) is 2. The molecule has 25 heavy (non-hydrogen) atoms. The van der Waals surface area contributed by atoms with Gasteiger partial charge in [-0.1, -0.05) is 6.07 Å². The Kier molecular flexibility index (Phi) is 4.71. The quantitative estimate of drug-likeness (QED) is 0.737. The molecule has 4 heterocycles. The van der Waals surface area contributed by atoms with Crippen LogP contribution in [0.25, 0.3) is 11.4 Å². The van der Waals surface area contributed by atoms with E-state index in [0.29, 0.717) is 0 Å². The lowest BCUT2D eigenvalue weighted by Gasteiger charge is -2.13. The summed E-state index contributed by atoms with van der Waals surface area (Å²) in [5.41, 5.74) is 3.88. The zero-order chi connectivity index (χ0) is 17.1. The molecule has 3 aromatic heterocycles. The van der Waals surface area contributed by atoms with Crippen LogP contribution in [0.15, 0.2) is 34.0 Å². The summed E-state index contributed by atoms with van der Waals surface area (Å²) in [6, 6.07) is 6.08. The summed E-state index contributed by atoms with van der Waals surface area (Å²) >= 11 is 3.21. The highest BCUT2D eigenvalue weighted by molar-refractivity contribution is 7.14. The Hall–Kier alpha value is -2.32. The van der Waals surface area contributed by atoms with E-state index < -0.39 is 0 Å². The van der Waals surface area contributed by atoms with Gasteiger partial charge < -0.3 is 10.6 Å². The van der Waals surface area contributed by atoms with Gasteiger partial charge in [-0.3, -0.25) is 9.98 Å². The second-order valence-electron chi connectivity index (χ2n) is 5.75. The Morgan fingerprint density at radius 3 is 2.84 bits per heavy atom. The highest BCUT2D eigenvalue weighted by Crippen LogP contribution is 2.27. The van der Waals surface area contributed by atoms with Crippen molar-refractivity contribution in [1.29, 1.82) is 0 Å². The van der Waals surface area contributed by atoms with Gasteiger partial charge in [0.15, 0.2) is 11.1 Å². The number of anilines is 1. The zero-order valence-electron chi connectivity index (χ0n) is 13.8. The van der Waals surface area contributed by atoms with Crippen LogP contribution in [0.3, 0.4) is 0 Å². The van der Waals surface area contributed by atoms with Gasteiger partial charge >= 0.3 is 0 Å². The molecule has 4 rings (SSSR count). The Morgan fingerprint density at radius 1 is 1.12 bits per heavy atom. The summed E-state index contributed by atoms with van der Waals surface area (Å²) in [4.78, 5) is 18.3. The largest absolute Gasteiger partial charge is 0.356 e. The van der Waals surface area contributed by atoms with Gasteiger partial charge in [-0.25, -0.2) is 9.97 Å². The Bertz CT molecular complexity index is 898. The maximum absolute atomic E-state index is 4.71. The minimum Gasteiger partial charge on any atom is -0.356 e. The highest BCUT2D eigenvalue weighted by Gasteiger charge is 2.12. The maximum Gasteiger partial charge on any atom is 0.197 e. The summed E-state index contributed by atoms with van der Waals surface area (Å²) in [5, 5.41) is 12.4. The molecular formula is C17H18N6S2. The summed E-state index contributed by atoms with van der Waals surface area (Å²) in [5.74, 6) is 0.802. The molecule has 0 aliphatic carbocycles. The molecule has 0 radical (unpaired) electrons. The van der Waals surface area contributed by atoms with E-state index in [1.807, 2.05) is 30.5 Å². The first-order valence-electron chi connectivity index (χ1n) is 8.14. The van der Waals surface area contributed by atoms with E-state index in [-0.39, 0.29) is 0 Å². The van der Waals surface area contributed by atoms with Gasteiger partial charge in [0.1, 0.15) is 11.4 Å². The summed E-state index contributed by atoms with van der Waals surface area (Å²) in [7, 11) is 0. The topological polar surface area (TPSA) is 75.1 Å². The normalized spacial score (nSPS) is 14.0. The van der Waals surface area contributed by atoms with E-state index in [9.17, 15) is 0 Å². The molecule has 0 saturated carbocycles. The number of guanidine groups is 1. The van der Waals surface area contributed by atoms with Crippen LogP contribution in [-0.2, 0) is 6.42 Å². The molecule has 0 spiro atoms. The third-order valence-corrected chi connectivity index (χ3v) is 5.33. The molecular weight excluding hydrogens is 352 g/mol. The van der Waals surface area contributed by atoms with E-state index in [4.69, 9.17) is 4.98 Å². The lowest BCUT2D eigenvalue weighted by Crippen LogP contribution is -2.35. The summed E-state index contributed by atoms with van der Waals surface area (Å²) < 4.78 is 0. The van der Waals surface area contributed by atoms with E-state index in [2.05, 4.69) is 31.0 Å². The third-order valence-electron chi connectivity index (χ3n) is 3.72. The van der Waals surface area contributed by atoms with Crippen molar-refractivity contribution >= 4 is 33.8 Å². The first kappa shape index (κ1) is 16.2. The standard InChI is InChI=1S/C17H18N6S2/c1-11-4-2-5-12(20-11)8-15-21-13(9-24-15)14-10-25-17(22-14)23-16-18-6-3-7-19-16/h2,4-5,9-10H,3,6-8H2,1H3,(H2,18,19,22,23). The van der Waals surface area contributed by atoms with Crippen molar-refractivity contribution in [2.75, 3.05) is 18.4 Å². The van der Waals surface area contributed by atoms with E-state index >= 15 is 0 Å². The van der Waals surface area contributed by atoms with Crippen molar-refractivity contribution in [3.05, 3.63) is 45.4 Å². The van der Waals surface area contributed by atoms with Gasteiger partial charge in [0.25, 0.3) is 0 Å². The van der Waals surface area contributed by atoms with Gasteiger partial charge in [0.2, 0.25) is 0 Å². The Balaban J connectivity index is 1.46. The van der Waals surface area contributed by atoms with Crippen molar-refractivity contribution in [3.8, 4) is 11.4 Å². The fourth-order valence-corrected chi connectivity index (χ4v) is 4.04. The van der Waals surface area contributed by atoms with Crippen molar-refractivity contribution in [3.63, 3.8) is 0 Å². The number of thiazole rings is 2. The SMILES string of the molecule is Cc1cccc(Cc2nc(-c3csc(NC4=NCCCN4)n3)cs2)n1. The molecule has 0 atom stereocenters. The summed E-state index contributed by atoms with van der Waals surface area (Å²) in [6.07, 6.45) is 1.83. The monoisotopic (exact) mass is 370 g/mol. The lowest BCUT2D eigenvalue weighted by molar-refractivity contribution is 0.740. The average Bonchev–Trinajstić information content (AvgIpc) is 3.25. The Morgan fingerprint density at radius 2 is 2.00 bits per heavy atom. The minimum absolute atomic E-state index is 0.752. The van der Waals surface area contributed by atoms with Crippen LogP contribution in [0, 0.1) is 6.92 Å². The Labute approximate surface area is 154 Å². The molecule has 0 aromatic carbocycles. The van der Waals surface area contributed by atoms with Crippen LogP contribution in [0.4, 0.5) is 5.13 Å². The minimum atomic E-state index is 0.752. The van der Waals surface area contributed by atoms with E-state index in [1.165, 1.54) is 0 Å². The second-order valence-corrected chi connectivity index (χ2v) is 7.55. The van der Waals surface area contributed by atoms with Gasteiger partial charge in [0, 0.05) is 41.7 Å². The van der Waals surface area contributed by atoms with Crippen LogP contribution in [0.1, 0.15) is 22.8 Å². The van der Waals surface area contributed by atoms with Crippen LogP contribution in [0.5, 0.6) is 0 Å². The number of aromatic nitrogens is 3. The van der Waals surface area contributed by atoms with Crippen LogP contribution in [-0.4, -0.2) is 34.0 Å². The number of nitrogens with one attached hydrogen (secondary N) is 2. The van der Waals surface area contributed by atoms with Crippen LogP contribution in [0.2, 0.25) is 0 Å². The van der Waals surface area contributed by atoms with Gasteiger partial charge in [-0.15, -0.1) is 22.7 Å². The fraction of sp³-hybridized carbons (Fsp3) is 0.294. The van der Waals surface area contributed by atoms with E-state index in [0.717, 1.165) is 64.8 Å². The predicted molar refractivity (Wildman–Crippen MR) is 104 cm³/mol. The average molecular weight is 371 g/mol. The van der Waals surface area contributed by atoms with Crippen molar-refractivity contribution in [1.82, 2.24) is 20.3 Å². The number of hydrogen-bond acceptors (Lipinski definition) is 8. The molecule has 1 aliphatic heterocycles. The first-order valence-corrected chi connectivity index (χ1v) is 9.90. The zero-order valence-corrected chi connectivity index (χ0v) is 15.5. The smallest absolute Gasteiger partial charge is 0.197 e. The lowest BCUT2D eigenvalue weighted by atomic mass is 10.2. The van der Waals surface area contributed by atoms with Crippen molar-refractivity contribution in [2.45, 2.75) is 19.8 Å². The van der Waals surface area contributed by atoms with Crippen molar-refractivity contribution < 1.29 is 0 Å². The number of aliphatic imine (C=N–C) groups is 1. The molecule has 8 heteroatoms. The molecule has 2 N–H and O–H groups in total. The molecule has 6 nitrogen and oxygen atoms in total. The first-order chi connectivity index (χ1) is 12.3. The highest BCUT2D eigenvalue weighted by atomic mass is 32.1. The third kappa shape index (κ3) is 4.02. The van der Waals surface area contributed by atoms with Gasteiger partial charge in [-0.05, 0) is 25.5 Å². The molecule has 3 aromatic rings. The summed E-state index contributed by atoms with van der Waals surface area (Å²) in [6.45, 7) is 3.81. The number of nitrogens with zero attached hydrogens (tertiary/aromatic N) is 4.